The average Bonchev–Trinajstić information content (AvgIpc) is 3.56. The third kappa shape index (κ3) is 4.94. The number of aromatic nitrogens is 3. The standard InChI is InChI=1S/C26H26Cl2N4O4S/c1-17-14-22(31-12-5-11-29-31)19-7-3-8-23(26(19)30-17)36-16-20-21(27)9-10-24(25(20)28)37(33,34)32-13-4-6-18(32)15-35-2/h3,5,7-12,14,18H,4,6,13,15-16H2,1-2H3/t18-/m0/s1. The molecule has 0 N–H and O–H groups in total. The highest BCUT2D eigenvalue weighted by atomic mass is 35.5. The lowest BCUT2D eigenvalue weighted by Gasteiger charge is -2.24. The maximum absolute atomic E-state index is 13.5. The third-order valence-electron chi connectivity index (χ3n) is 6.45. The first-order valence-corrected chi connectivity index (χ1v) is 14.0. The molecule has 2 aromatic heterocycles. The normalized spacial score (nSPS) is 16.5. The Morgan fingerprint density at radius 3 is 2.76 bits per heavy atom. The molecule has 0 radical (unpaired) electrons. The first kappa shape index (κ1) is 25.9. The lowest BCUT2D eigenvalue weighted by Crippen LogP contribution is -2.38. The summed E-state index contributed by atoms with van der Waals surface area (Å²) in [6.07, 6.45) is 5.09. The van der Waals surface area contributed by atoms with Gasteiger partial charge in [-0.05, 0) is 50.1 Å². The van der Waals surface area contributed by atoms with Crippen molar-refractivity contribution in [3.05, 3.63) is 76.2 Å². The number of nitrogens with zero attached hydrogens (tertiary/aromatic N) is 4. The Balaban J connectivity index is 1.48. The van der Waals surface area contributed by atoms with E-state index in [1.54, 1.807) is 24.1 Å². The van der Waals surface area contributed by atoms with E-state index in [0.717, 1.165) is 29.6 Å². The van der Waals surface area contributed by atoms with Crippen LogP contribution >= 0.6 is 23.2 Å². The fraction of sp³-hybridized carbons (Fsp3) is 0.308. The minimum Gasteiger partial charge on any atom is -0.487 e. The van der Waals surface area contributed by atoms with E-state index in [1.165, 1.54) is 10.4 Å². The van der Waals surface area contributed by atoms with Crippen LogP contribution in [-0.4, -0.2) is 53.8 Å². The summed E-state index contributed by atoms with van der Waals surface area (Å²) in [5.41, 5.74) is 2.72. The van der Waals surface area contributed by atoms with Crippen molar-refractivity contribution in [2.24, 2.45) is 0 Å². The van der Waals surface area contributed by atoms with E-state index in [4.69, 9.17) is 37.7 Å². The van der Waals surface area contributed by atoms with E-state index in [9.17, 15) is 8.42 Å². The quantitative estimate of drug-likeness (QED) is 0.286. The second-order valence-electron chi connectivity index (χ2n) is 8.88. The highest BCUT2D eigenvalue weighted by molar-refractivity contribution is 7.89. The van der Waals surface area contributed by atoms with E-state index >= 15 is 0 Å². The number of fused-ring (bicyclic) bond motifs is 1. The first-order chi connectivity index (χ1) is 17.8. The summed E-state index contributed by atoms with van der Waals surface area (Å²) in [5, 5.41) is 5.58. The molecule has 0 bridgehead atoms. The molecule has 2 aromatic carbocycles. The molecular weight excluding hydrogens is 535 g/mol. The van der Waals surface area contributed by atoms with Gasteiger partial charge in [0, 0.05) is 53.8 Å². The molecule has 1 saturated heterocycles. The van der Waals surface area contributed by atoms with Gasteiger partial charge >= 0.3 is 0 Å². The number of hydrogen-bond acceptors (Lipinski definition) is 6. The number of benzene rings is 2. The molecule has 1 fully saturated rings. The van der Waals surface area contributed by atoms with Crippen LogP contribution in [0, 0.1) is 6.92 Å². The summed E-state index contributed by atoms with van der Waals surface area (Å²) in [6, 6.07) is 12.2. The number of methoxy groups -OCH3 is 1. The maximum Gasteiger partial charge on any atom is 0.244 e. The van der Waals surface area contributed by atoms with Crippen LogP contribution < -0.4 is 4.74 Å². The lowest BCUT2D eigenvalue weighted by molar-refractivity contribution is 0.149. The number of para-hydroxylation sites is 1. The molecule has 0 aliphatic carbocycles. The molecule has 1 aliphatic heterocycles. The van der Waals surface area contributed by atoms with Crippen molar-refractivity contribution in [1.82, 2.24) is 19.1 Å². The van der Waals surface area contributed by atoms with Crippen molar-refractivity contribution < 1.29 is 17.9 Å². The molecule has 0 amide bonds. The molecule has 194 valence electrons. The molecule has 8 nitrogen and oxygen atoms in total. The van der Waals surface area contributed by atoms with Crippen LogP contribution in [0.15, 0.2) is 59.8 Å². The SMILES string of the molecule is COC[C@@H]1CCCN1S(=O)(=O)c1ccc(Cl)c(COc2cccc3c(-n4cccn4)cc(C)nc23)c1Cl. The number of sulfonamides is 1. The highest BCUT2D eigenvalue weighted by Crippen LogP contribution is 2.37. The van der Waals surface area contributed by atoms with Crippen LogP contribution in [-0.2, 0) is 21.4 Å². The second-order valence-corrected chi connectivity index (χ2v) is 11.5. The minimum absolute atomic E-state index is 0.00743. The number of halogens is 2. The van der Waals surface area contributed by atoms with Crippen LogP contribution in [0.2, 0.25) is 10.0 Å². The van der Waals surface area contributed by atoms with Gasteiger partial charge in [-0.3, -0.25) is 0 Å². The van der Waals surface area contributed by atoms with E-state index < -0.39 is 10.0 Å². The summed E-state index contributed by atoms with van der Waals surface area (Å²) in [5.74, 6) is 0.523. The molecule has 0 unspecified atom stereocenters. The van der Waals surface area contributed by atoms with Crippen LogP contribution in [0.5, 0.6) is 5.75 Å². The highest BCUT2D eigenvalue weighted by Gasteiger charge is 2.37. The van der Waals surface area contributed by atoms with Crippen molar-refractivity contribution in [2.75, 3.05) is 20.3 Å². The smallest absolute Gasteiger partial charge is 0.244 e. The van der Waals surface area contributed by atoms with E-state index in [-0.39, 0.29) is 22.6 Å². The predicted molar refractivity (Wildman–Crippen MR) is 143 cm³/mol. The molecule has 0 spiro atoms. The zero-order valence-electron chi connectivity index (χ0n) is 20.4. The zero-order chi connectivity index (χ0) is 26.2. The Morgan fingerprint density at radius 2 is 2.00 bits per heavy atom. The van der Waals surface area contributed by atoms with E-state index in [0.29, 0.717) is 35.0 Å². The van der Waals surface area contributed by atoms with Crippen molar-refractivity contribution in [3.63, 3.8) is 0 Å². The third-order valence-corrected chi connectivity index (χ3v) is 9.34. The number of pyridine rings is 1. The summed E-state index contributed by atoms with van der Waals surface area (Å²) >= 11 is 13.1. The van der Waals surface area contributed by atoms with Gasteiger partial charge in [0.2, 0.25) is 10.0 Å². The van der Waals surface area contributed by atoms with Gasteiger partial charge in [-0.25, -0.2) is 18.1 Å². The molecule has 1 aliphatic rings. The first-order valence-electron chi connectivity index (χ1n) is 11.8. The lowest BCUT2D eigenvalue weighted by atomic mass is 10.1. The second kappa shape index (κ2) is 10.6. The topological polar surface area (TPSA) is 86.5 Å². The van der Waals surface area contributed by atoms with Gasteiger partial charge in [-0.1, -0.05) is 35.3 Å². The van der Waals surface area contributed by atoms with Crippen LogP contribution in [0.4, 0.5) is 0 Å². The van der Waals surface area contributed by atoms with E-state index in [2.05, 4.69) is 5.10 Å². The van der Waals surface area contributed by atoms with Gasteiger partial charge in [-0.2, -0.15) is 9.40 Å². The van der Waals surface area contributed by atoms with Crippen molar-refractivity contribution in [3.8, 4) is 11.4 Å². The molecule has 3 heterocycles. The van der Waals surface area contributed by atoms with Gasteiger partial charge in [0.25, 0.3) is 0 Å². The molecule has 11 heteroatoms. The fourth-order valence-electron chi connectivity index (χ4n) is 4.71. The van der Waals surface area contributed by atoms with Crippen molar-refractivity contribution >= 4 is 44.1 Å². The number of aryl methyl sites for hydroxylation is 1. The monoisotopic (exact) mass is 560 g/mol. The van der Waals surface area contributed by atoms with E-state index in [1.807, 2.05) is 43.5 Å². The molecule has 5 rings (SSSR count). The largest absolute Gasteiger partial charge is 0.487 e. The Hall–Kier alpha value is -2.69. The van der Waals surface area contributed by atoms with Gasteiger partial charge < -0.3 is 9.47 Å². The van der Waals surface area contributed by atoms with Gasteiger partial charge in [0.05, 0.1) is 17.3 Å². The molecule has 37 heavy (non-hydrogen) atoms. The molecular formula is C26H26Cl2N4O4S. The Morgan fingerprint density at radius 1 is 1.16 bits per heavy atom. The van der Waals surface area contributed by atoms with Gasteiger partial charge in [-0.15, -0.1) is 0 Å². The minimum atomic E-state index is -3.85. The molecule has 1 atom stereocenters. The Labute approximate surface area is 225 Å². The van der Waals surface area contributed by atoms with Crippen LogP contribution in [0.1, 0.15) is 24.1 Å². The van der Waals surface area contributed by atoms with Gasteiger partial charge in [0.15, 0.2) is 0 Å². The Kier molecular flexibility index (Phi) is 7.42. The summed E-state index contributed by atoms with van der Waals surface area (Å²) < 4.78 is 41.7. The number of hydrogen-bond donors (Lipinski definition) is 0. The Bertz CT molecular complexity index is 1540. The predicted octanol–water partition coefficient (Wildman–Crippen LogP) is 5.41. The molecule has 4 aromatic rings. The maximum atomic E-state index is 13.5. The van der Waals surface area contributed by atoms with Crippen LogP contribution in [0.25, 0.3) is 16.6 Å². The van der Waals surface area contributed by atoms with Crippen molar-refractivity contribution in [2.45, 2.75) is 37.3 Å². The summed E-state index contributed by atoms with van der Waals surface area (Å²) in [6.45, 7) is 2.62. The summed E-state index contributed by atoms with van der Waals surface area (Å²) in [4.78, 5) is 4.70. The fourth-order valence-corrected chi connectivity index (χ4v) is 7.26. The molecule has 0 saturated carbocycles. The number of rotatable bonds is 8. The average molecular weight is 561 g/mol. The van der Waals surface area contributed by atoms with Crippen LogP contribution in [0.3, 0.4) is 0 Å². The zero-order valence-corrected chi connectivity index (χ0v) is 22.7. The summed E-state index contributed by atoms with van der Waals surface area (Å²) in [7, 11) is -2.28. The number of ether oxygens (including phenoxy) is 2. The van der Waals surface area contributed by atoms with Gasteiger partial charge in [0.1, 0.15) is 22.8 Å². The van der Waals surface area contributed by atoms with Crippen molar-refractivity contribution in [1.29, 1.82) is 0 Å².